The molecule has 0 aliphatic carbocycles. The second-order valence-corrected chi connectivity index (χ2v) is 5.36. The number of nitrogens with zero attached hydrogens (tertiary/aromatic N) is 2. The van der Waals surface area contributed by atoms with Gasteiger partial charge in [0.25, 0.3) is 0 Å². The standard InChI is InChI=1S/C16H15F2N3O4S/c1-23-13-5-6-19-12(14(13)24-2)8-26(22)16-20-10-4-3-9(25-15(17)18)7-11(10)21-16/h3-7,15H,8H2,1-2H3,(H,20,21)/i1D3,2D3,3D,4D,5D,6D,7D,8D2,15D. The van der Waals surface area contributed by atoms with Gasteiger partial charge in [0.2, 0.25) is 0 Å². The molecule has 0 fully saturated rings. The van der Waals surface area contributed by atoms with E-state index in [0.717, 1.165) is 0 Å². The van der Waals surface area contributed by atoms with Gasteiger partial charge in [-0.2, -0.15) is 8.78 Å². The highest BCUT2D eigenvalue weighted by atomic mass is 32.2. The zero-order valence-corrected chi connectivity index (χ0v) is 13.0. The lowest BCUT2D eigenvalue weighted by Crippen LogP contribution is -2.04. The van der Waals surface area contributed by atoms with Crippen LogP contribution in [0.15, 0.2) is 35.5 Å². The first-order valence-corrected chi connectivity index (χ1v) is 7.47. The SMILES string of the molecule is [2H]c1nc(C([2H])([2H])S(=O)c2nc3c([2H])c([2H])c(OC([2H])(F)F)c([2H])c3[nH]2)c(OC([2H])([2H])[2H])c(OC([2H])([2H])[2H])c1[2H]. The molecule has 2 aromatic heterocycles. The van der Waals surface area contributed by atoms with Crippen molar-refractivity contribution in [3.05, 3.63) is 36.0 Å². The summed E-state index contributed by atoms with van der Waals surface area (Å²) in [6.45, 7) is -4.60. The molecule has 0 saturated carbocycles. The maximum absolute atomic E-state index is 13.4. The number of benzene rings is 1. The lowest BCUT2D eigenvalue weighted by Gasteiger charge is -2.10. The van der Waals surface area contributed by atoms with Crippen molar-refractivity contribution in [2.24, 2.45) is 0 Å². The van der Waals surface area contributed by atoms with Crippen LogP contribution in [0.4, 0.5) is 8.78 Å². The van der Waals surface area contributed by atoms with Gasteiger partial charge in [-0.1, -0.05) is 0 Å². The second-order valence-electron chi connectivity index (χ2n) is 4.23. The fraction of sp³-hybridized carbons (Fsp3) is 0.250. The number of nitrogens with one attached hydrogen (secondary N) is 1. The minimum atomic E-state index is -4.60. The molecule has 138 valence electrons. The second kappa shape index (κ2) is 7.65. The van der Waals surface area contributed by atoms with Gasteiger partial charge in [0.15, 0.2) is 18.0 Å². The third-order valence-electron chi connectivity index (χ3n) is 2.72. The van der Waals surface area contributed by atoms with Crippen LogP contribution in [-0.4, -0.2) is 39.8 Å². The van der Waals surface area contributed by atoms with Gasteiger partial charge in [-0.05, 0) is 12.1 Å². The van der Waals surface area contributed by atoms with Gasteiger partial charge in [0, 0.05) is 21.0 Å². The number of rotatable bonds is 7. The molecule has 0 spiro atoms. The number of halogens is 2. The zero-order valence-electron chi connectivity index (χ0n) is 26.2. The Morgan fingerprint density at radius 1 is 1.42 bits per heavy atom. The molecule has 0 bridgehead atoms. The van der Waals surface area contributed by atoms with E-state index < -0.39 is 107 Å². The minimum Gasteiger partial charge on any atom is -0.493 e. The first-order valence-electron chi connectivity index (χ1n) is 13.3. The molecule has 0 amide bonds. The van der Waals surface area contributed by atoms with Gasteiger partial charge >= 0.3 is 6.59 Å². The molecule has 0 saturated heterocycles. The van der Waals surface area contributed by atoms with Crippen molar-refractivity contribution >= 4 is 21.8 Å². The van der Waals surface area contributed by atoms with Crippen LogP contribution in [0.5, 0.6) is 17.2 Å². The van der Waals surface area contributed by atoms with E-state index in [1.807, 2.05) is 0 Å². The first-order chi connectivity index (χ1) is 17.9. The van der Waals surface area contributed by atoms with Crippen LogP contribution < -0.4 is 14.2 Å². The average molecular weight is 397 g/mol. The summed E-state index contributed by atoms with van der Waals surface area (Å²) in [4.78, 5) is 9.28. The molecule has 3 rings (SSSR count). The van der Waals surface area contributed by atoms with Crippen LogP contribution >= 0.6 is 0 Å². The lowest BCUT2D eigenvalue weighted by atomic mass is 10.3. The summed E-state index contributed by atoms with van der Waals surface area (Å²) in [5.41, 5.74) is -5.93. The van der Waals surface area contributed by atoms with Crippen LogP contribution in [0.3, 0.4) is 0 Å². The van der Waals surface area contributed by atoms with Gasteiger partial charge in [0.05, 0.1) is 62.4 Å². The van der Waals surface area contributed by atoms with Crippen molar-refractivity contribution in [2.75, 3.05) is 14.1 Å². The fourth-order valence-electron chi connectivity index (χ4n) is 1.73. The van der Waals surface area contributed by atoms with Crippen molar-refractivity contribution in [3.63, 3.8) is 0 Å². The number of imidazole rings is 1. The van der Waals surface area contributed by atoms with Gasteiger partial charge in [-0.25, -0.2) is 4.98 Å². The number of aromatic amines is 1. The van der Waals surface area contributed by atoms with Crippen LogP contribution in [-0.2, 0) is 16.5 Å². The summed E-state index contributed by atoms with van der Waals surface area (Å²) in [6.07, 6.45) is -1.13. The van der Waals surface area contributed by atoms with Crippen LogP contribution in [0.2, 0.25) is 0 Å². The molecule has 0 aliphatic rings. The van der Waals surface area contributed by atoms with Crippen molar-refractivity contribution < 1.29 is 46.4 Å². The van der Waals surface area contributed by atoms with Crippen LogP contribution in [0.25, 0.3) is 11.0 Å². The van der Waals surface area contributed by atoms with E-state index in [9.17, 15) is 13.0 Å². The number of methoxy groups -OCH3 is 2. The summed E-state index contributed by atoms with van der Waals surface area (Å²) in [5, 5.41) is -0.905. The molecule has 3 aromatic rings. The molecule has 1 unspecified atom stereocenters. The Bertz CT molecular complexity index is 1510. The predicted molar refractivity (Wildman–Crippen MR) is 90.2 cm³/mol. The molecular weight excluding hydrogens is 368 g/mol. The van der Waals surface area contributed by atoms with Crippen molar-refractivity contribution in [1.29, 1.82) is 0 Å². The van der Waals surface area contributed by atoms with E-state index >= 15 is 0 Å². The number of pyridine rings is 1. The van der Waals surface area contributed by atoms with Gasteiger partial charge < -0.3 is 19.2 Å². The van der Waals surface area contributed by atoms with E-state index in [4.69, 9.17) is 19.2 Å². The first kappa shape index (κ1) is 7.47. The largest absolute Gasteiger partial charge is 0.493 e. The molecule has 1 N–H and O–H groups in total. The Hall–Kier alpha value is -2.75. The Kier molecular flexibility index (Phi) is 2.20. The molecule has 7 nitrogen and oxygen atoms in total. The quantitative estimate of drug-likeness (QED) is 0.660. The van der Waals surface area contributed by atoms with Crippen LogP contribution in [0.1, 0.15) is 24.9 Å². The number of H-pyrrole nitrogens is 1. The number of hydrogen-bond donors (Lipinski definition) is 1. The monoisotopic (exact) mass is 397 g/mol. The third-order valence-corrected chi connectivity index (χ3v) is 3.65. The van der Waals surface area contributed by atoms with Gasteiger partial charge in [-0.15, -0.1) is 0 Å². The number of hydrogen-bond acceptors (Lipinski definition) is 6. The van der Waals surface area contributed by atoms with Crippen molar-refractivity contribution in [1.82, 2.24) is 15.0 Å². The summed E-state index contributed by atoms with van der Waals surface area (Å²) >= 11 is 0. The maximum atomic E-state index is 13.4. The van der Waals surface area contributed by atoms with Crippen LogP contribution in [0, 0.1) is 0 Å². The third kappa shape index (κ3) is 3.74. The molecule has 2 heterocycles. The smallest absolute Gasteiger partial charge is 0.387 e. The number of ether oxygens (including phenoxy) is 3. The Balaban J connectivity index is 2.26. The van der Waals surface area contributed by atoms with Gasteiger partial charge in [-0.3, -0.25) is 9.19 Å². The average Bonchev–Trinajstić information content (AvgIpc) is 3.23. The minimum absolute atomic E-state index is 0.615. The molecular formula is C16H15F2N3O4S. The van der Waals surface area contributed by atoms with E-state index in [0.29, 0.717) is 0 Å². The highest BCUT2D eigenvalue weighted by Crippen LogP contribution is 2.30. The van der Waals surface area contributed by atoms with E-state index in [-0.39, 0.29) is 0 Å². The molecule has 0 radical (unpaired) electrons. The molecule has 10 heteroatoms. The topological polar surface area (TPSA) is 86.3 Å². The van der Waals surface area contributed by atoms with Crippen molar-refractivity contribution in [2.45, 2.75) is 17.4 Å². The Morgan fingerprint density at radius 3 is 3.04 bits per heavy atom. The number of aromatic nitrogens is 3. The highest BCUT2D eigenvalue weighted by Gasteiger charge is 2.17. The normalized spacial score (nSPS) is 22.1. The Labute approximate surface area is 169 Å². The van der Waals surface area contributed by atoms with Gasteiger partial charge in [0.1, 0.15) is 5.75 Å². The lowest BCUT2D eigenvalue weighted by molar-refractivity contribution is -0.0497. The zero-order chi connectivity index (χ0) is 30.7. The molecule has 0 aliphatic heterocycles. The van der Waals surface area contributed by atoms with E-state index in [2.05, 4.69) is 29.2 Å². The fourth-order valence-corrected chi connectivity index (χ4v) is 2.51. The Morgan fingerprint density at radius 2 is 2.27 bits per heavy atom. The van der Waals surface area contributed by atoms with Crippen molar-refractivity contribution in [3.8, 4) is 17.2 Å². The molecule has 26 heavy (non-hydrogen) atoms. The number of alkyl halides is 2. The molecule has 1 aromatic carbocycles. The predicted octanol–water partition coefficient (Wildman–Crippen LogP) is 2.88. The maximum Gasteiger partial charge on any atom is 0.387 e. The summed E-state index contributed by atoms with van der Waals surface area (Å²) in [5.74, 6) is -3.74. The molecule has 1 atom stereocenters. The summed E-state index contributed by atoms with van der Waals surface area (Å²) in [6, 6.07) is -4.16. The van der Waals surface area contributed by atoms with E-state index in [1.165, 1.54) is 0 Å². The number of fused-ring (bicyclic) bond motifs is 1. The highest BCUT2D eigenvalue weighted by molar-refractivity contribution is 7.84. The van der Waals surface area contributed by atoms with E-state index in [1.54, 1.807) is 0 Å². The summed E-state index contributed by atoms with van der Waals surface area (Å²) < 4.78 is 159. The summed E-state index contributed by atoms with van der Waals surface area (Å²) in [7, 11) is -9.93.